The molecule has 0 fully saturated rings. The lowest BCUT2D eigenvalue weighted by molar-refractivity contribution is 0.0438. The molecule has 13 heavy (non-hydrogen) atoms. The maximum Gasteiger partial charge on any atom is 0.407 e. The van der Waals surface area contributed by atoms with Gasteiger partial charge in [-0.25, -0.2) is 4.79 Å². The second kappa shape index (κ2) is 5.07. The molecule has 1 atom stereocenters. The average molecular weight is 189 g/mol. The van der Waals surface area contributed by atoms with Crippen LogP contribution in [0.25, 0.3) is 0 Å². The van der Waals surface area contributed by atoms with Crippen LogP contribution in [0.5, 0.6) is 0 Å². The topological polar surface area (TPSA) is 47.6 Å². The van der Waals surface area contributed by atoms with E-state index in [4.69, 9.17) is 9.47 Å². The molecule has 4 heteroatoms. The van der Waals surface area contributed by atoms with Gasteiger partial charge in [0.05, 0.1) is 6.10 Å². The Morgan fingerprint density at radius 1 is 1.46 bits per heavy atom. The number of nitrogens with one attached hydrogen (secondary N) is 1. The predicted molar refractivity (Wildman–Crippen MR) is 50.7 cm³/mol. The zero-order chi connectivity index (χ0) is 10.5. The third-order valence-corrected chi connectivity index (χ3v) is 1.33. The first-order valence-corrected chi connectivity index (χ1v) is 4.33. The molecule has 0 aliphatic heterocycles. The zero-order valence-corrected chi connectivity index (χ0v) is 9.01. The first-order valence-electron chi connectivity index (χ1n) is 4.33. The van der Waals surface area contributed by atoms with Crippen molar-refractivity contribution in [2.45, 2.75) is 39.3 Å². The monoisotopic (exact) mass is 189 g/mol. The lowest BCUT2D eigenvalue weighted by atomic mass is 10.1. The van der Waals surface area contributed by atoms with E-state index in [1.807, 2.05) is 27.7 Å². The molecular formula is C9H19NO3. The van der Waals surface area contributed by atoms with Gasteiger partial charge in [-0.05, 0) is 27.7 Å². The molecule has 0 unspecified atom stereocenters. The van der Waals surface area contributed by atoms with E-state index in [1.165, 1.54) is 0 Å². The number of hydrogen-bond acceptors (Lipinski definition) is 3. The number of amides is 1. The number of hydrogen-bond donors (Lipinski definition) is 1. The lowest BCUT2D eigenvalue weighted by Crippen LogP contribution is -2.41. The van der Waals surface area contributed by atoms with Gasteiger partial charge in [-0.1, -0.05) is 0 Å². The SMILES string of the molecule is CO[C@H](C)COC(=O)NC(C)(C)C. The van der Waals surface area contributed by atoms with Crippen molar-refractivity contribution in [2.24, 2.45) is 0 Å². The highest BCUT2D eigenvalue weighted by Crippen LogP contribution is 1.99. The van der Waals surface area contributed by atoms with E-state index >= 15 is 0 Å². The number of ether oxygens (including phenoxy) is 2. The van der Waals surface area contributed by atoms with E-state index in [-0.39, 0.29) is 18.2 Å². The van der Waals surface area contributed by atoms with Crippen LogP contribution in [0, 0.1) is 0 Å². The maximum absolute atomic E-state index is 11.1. The standard InChI is InChI=1S/C9H19NO3/c1-7(12-5)6-13-8(11)10-9(2,3)4/h7H,6H2,1-5H3,(H,10,11)/t7-/m1/s1. The third-order valence-electron chi connectivity index (χ3n) is 1.33. The summed E-state index contributed by atoms with van der Waals surface area (Å²) in [7, 11) is 1.58. The van der Waals surface area contributed by atoms with Gasteiger partial charge in [0.1, 0.15) is 6.61 Å². The number of carbonyl (C=O) groups is 1. The molecule has 0 saturated heterocycles. The summed E-state index contributed by atoms with van der Waals surface area (Å²) in [6, 6.07) is 0. The van der Waals surface area contributed by atoms with Crippen molar-refractivity contribution in [3.63, 3.8) is 0 Å². The Morgan fingerprint density at radius 3 is 2.38 bits per heavy atom. The Labute approximate surface area is 79.6 Å². The van der Waals surface area contributed by atoms with Crippen LogP contribution in [0.2, 0.25) is 0 Å². The summed E-state index contributed by atoms with van der Waals surface area (Å²) >= 11 is 0. The predicted octanol–water partition coefficient (Wildman–Crippen LogP) is 1.55. The second-order valence-corrected chi connectivity index (χ2v) is 4.02. The number of rotatable bonds is 3. The van der Waals surface area contributed by atoms with E-state index in [0.29, 0.717) is 0 Å². The van der Waals surface area contributed by atoms with Crippen molar-refractivity contribution in [2.75, 3.05) is 13.7 Å². The van der Waals surface area contributed by atoms with Gasteiger partial charge in [0.2, 0.25) is 0 Å². The van der Waals surface area contributed by atoms with E-state index in [2.05, 4.69) is 5.32 Å². The highest BCUT2D eigenvalue weighted by molar-refractivity contribution is 5.68. The van der Waals surface area contributed by atoms with E-state index in [0.717, 1.165) is 0 Å². The quantitative estimate of drug-likeness (QED) is 0.732. The molecule has 0 aromatic heterocycles. The van der Waals surface area contributed by atoms with Gasteiger partial charge < -0.3 is 14.8 Å². The van der Waals surface area contributed by atoms with E-state index in [1.54, 1.807) is 7.11 Å². The number of methoxy groups -OCH3 is 1. The molecule has 0 bridgehead atoms. The van der Waals surface area contributed by atoms with Crippen molar-refractivity contribution in [3.8, 4) is 0 Å². The molecule has 78 valence electrons. The van der Waals surface area contributed by atoms with Crippen molar-refractivity contribution < 1.29 is 14.3 Å². The minimum Gasteiger partial charge on any atom is -0.447 e. The molecule has 0 rings (SSSR count). The number of carbonyl (C=O) groups excluding carboxylic acids is 1. The van der Waals surface area contributed by atoms with Gasteiger partial charge >= 0.3 is 6.09 Å². The largest absolute Gasteiger partial charge is 0.447 e. The molecule has 0 aromatic carbocycles. The van der Waals surface area contributed by atoms with Gasteiger partial charge in [-0.15, -0.1) is 0 Å². The van der Waals surface area contributed by atoms with Crippen LogP contribution in [-0.4, -0.2) is 31.5 Å². The Balaban J connectivity index is 3.64. The van der Waals surface area contributed by atoms with Crippen LogP contribution in [-0.2, 0) is 9.47 Å². The van der Waals surface area contributed by atoms with Gasteiger partial charge in [0.25, 0.3) is 0 Å². The molecule has 0 aromatic rings. The molecule has 1 amide bonds. The summed E-state index contributed by atoms with van der Waals surface area (Å²) in [6.45, 7) is 7.80. The molecule has 0 heterocycles. The van der Waals surface area contributed by atoms with Crippen LogP contribution < -0.4 is 5.32 Å². The summed E-state index contributed by atoms with van der Waals surface area (Å²) in [6.07, 6.45) is -0.470. The second-order valence-electron chi connectivity index (χ2n) is 4.02. The molecule has 4 nitrogen and oxygen atoms in total. The van der Waals surface area contributed by atoms with E-state index < -0.39 is 6.09 Å². The van der Waals surface area contributed by atoms with Crippen molar-refractivity contribution >= 4 is 6.09 Å². The van der Waals surface area contributed by atoms with Gasteiger partial charge in [-0.3, -0.25) is 0 Å². The molecular weight excluding hydrogens is 170 g/mol. The summed E-state index contributed by atoms with van der Waals surface area (Å²) in [5, 5.41) is 2.68. The van der Waals surface area contributed by atoms with Crippen LogP contribution in [0.4, 0.5) is 4.79 Å². The fourth-order valence-corrected chi connectivity index (χ4v) is 0.603. The van der Waals surface area contributed by atoms with Crippen LogP contribution >= 0.6 is 0 Å². The summed E-state index contributed by atoms with van der Waals surface area (Å²) in [4.78, 5) is 11.1. The highest BCUT2D eigenvalue weighted by atomic mass is 16.6. The van der Waals surface area contributed by atoms with Gasteiger partial charge in [0, 0.05) is 12.6 Å². The third kappa shape index (κ3) is 7.59. The molecule has 0 radical (unpaired) electrons. The first kappa shape index (κ1) is 12.2. The van der Waals surface area contributed by atoms with Gasteiger partial charge in [-0.2, -0.15) is 0 Å². The van der Waals surface area contributed by atoms with Crippen LogP contribution in [0.3, 0.4) is 0 Å². The van der Waals surface area contributed by atoms with Crippen molar-refractivity contribution in [3.05, 3.63) is 0 Å². The average Bonchev–Trinajstić information content (AvgIpc) is 1.97. The smallest absolute Gasteiger partial charge is 0.407 e. The highest BCUT2D eigenvalue weighted by Gasteiger charge is 2.15. The van der Waals surface area contributed by atoms with Crippen LogP contribution in [0.1, 0.15) is 27.7 Å². The molecule has 1 N–H and O–H groups in total. The maximum atomic E-state index is 11.1. The summed E-state index contributed by atoms with van der Waals surface area (Å²) in [5.41, 5.74) is -0.257. The Hall–Kier alpha value is -0.770. The Bertz CT molecular complexity index is 163. The van der Waals surface area contributed by atoms with Crippen LogP contribution in [0.15, 0.2) is 0 Å². The van der Waals surface area contributed by atoms with E-state index in [9.17, 15) is 4.79 Å². The number of alkyl carbamates (subject to hydrolysis) is 1. The fourth-order valence-electron chi connectivity index (χ4n) is 0.603. The summed E-state index contributed by atoms with van der Waals surface area (Å²) < 4.78 is 9.82. The molecule has 0 spiro atoms. The minimum absolute atomic E-state index is 0.0641. The zero-order valence-electron chi connectivity index (χ0n) is 9.01. The van der Waals surface area contributed by atoms with Crippen molar-refractivity contribution in [1.29, 1.82) is 0 Å². The molecule has 0 aliphatic rings. The molecule has 0 saturated carbocycles. The first-order chi connectivity index (χ1) is 5.85. The Kier molecular flexibility index (Phi) is 4.77. The summed E-state index contributed by atoms with van der Waals surface area (Å²) in [5.74, 6) is 0. The normalized spacial score (nSPS) is 13.6. The fraction of sp³-hybridized carbons (Fsp3) is 0.889. The van der Waals surface area contributed by atoms with Gasteiger partial charge in [0.15, 0.2) is 0 Å². The molecule has 0 aliphatic carbocycles. The van der Waals surface area contributed by atoms with Crippen molar-refractivity contribution in [1.82, 2.24) is 5.32 Å². The lowest BCUT2D eigenvalue weighted by Gasteiger charge is -2.20. The minimum atomic E-state index is -0.406. The Morgan fingerprint density at radius 2 is 2.00 bits per heavy atom.